The van der Waals surface area contributed by atoms with E-state index in [1.165, 1.54) is 11.3 Å². The molecule has 2 heterocycles. The van der Waals surface area contributed by atoms with E-state index in [2.05, 4.69) is 36.1 Å². The van der Waals surface area contributed by atoms with E-state index in [1.54, 1.807) is 24.2 Å². The Morgan fingerprint density at radius 3 is 2.50 bits per heavy atom. The van der Waals surface area contributed by atoms with Gasteiger partial charge < -0.3 is 14.8 Å². The van der Waals surface area contributed by atoms with Gasteiger partial charge in [-0.3, -0.25) is 9.59 Å². The van der Waals surface area contributed by atoms with E-state index in [0.717, 1.165) is 29.2 Å². The van der Waals surface area contributed by atoms with Crippen LogP contribution in [-0.4, -0.2) is 27.0 Å². The van der Waals surface area contributed by atoms with Crippen LogP contribution in [0.5, 0.6) is 0 Å². The Kier molecular flexibility index (Phi) is 8.50. The maximum absolute atomic E-state index is 12.0. The van der Waals surface area contributed by atoms with Gasteiger partial charge in [-0.25, -0.2) is 9.97 Å². The highest BCUT2D eigenvalue weighted by Crippen LogP contribution is 2.31. The molecule has 0 spiro atoms. The quantitative estimate of drug-likeness (QED) is 0.382. The number of carboxylic acid groups (broad SMARTS) is 1. The van der Waals surface area contributed by atoms with E-state index in [1.807, 2.05) is 0 Å². The summed E-state index contributed by atoms with van der Waals surface area (Å²) >= 11 is 3.00. The summed E-state index contributed by atoms with van der Waals surface area (Å²) < 4.78 is 6.76. The number of nitrogens with one attached hydrogen (secondary N) is 1. The average molecular weight is 426 g/mol. The lowest BCUT2D eigenvalue weighted by Gasteiger charge is -2.12. The molecule has 0 fully saturated rings. The molecule has 9 heteroatoms. The van der Waals surface area contributed by atoms with Gasteiger partial charge >= 0.3 is 5.97 Å². The number of aliphatic carboxylic acids is 1. The van der Waals surface area contributed by atoms with Crippen LogP contribution >= 0.6 is 23.1 Å². The fourth-order valence-electron chi connectivity index (χ4n) is 2.34. The Hall–Kier alpha value is -1.87. The van der Waals surface area contributed by atoms with Crippen molar-refractivity contribution in [3.63, 3.8) is 0 Å². The maximum Gasteiger partial charge on any atom is 0.303 e. The van der Waals surface area contributed by atoms with Gasteiger partial charge in [0.15, 0.2) is 5.13 Å². The molecule has 0 unspecified atom stereocenters. The predicted molar refractivity (Wildman–Crippen MR) is 111 cm³/mol. The molecule has 7 nitrogen and oxygen atoms in total. The van der Waals surface area contributed by atoms with Crippen molar-refractivity contribution in [1.82, 2.24) is 9.97 Å². The SMILES string of the molecule is CC(C)(C)c1cnc(CSc2cnc(NC(=O)CCCCCCC(=O)O)s2)o1. The number of unbranched alkanes of at least 4 members (excludes halogenated alkanes) is 3. The van der Waals surface area contributed by atoms with Crippen molar-refractivity contribution >= 4 is 40.1 Å². The first-order valence-corrected chi connectivity index (χ1v) is 11.1. The molecule has 28 heavy (non-hydrogen) atoms. The van der Waals surface area contributed by atoms with Gasteiger partial charge in [0.1, 0.15) is 5.76 Å². The molecule has 0 aliphatic carbocycles. The molecule has 0 aromatic carbocycles. The fourth-order valence-corrected chi connectivity index (χ4v) is 4.08. The Labute approximate surface area is 173 Å². The van der Waals surface area contributed by atoms with Crippen LogP contribution in [0.4, 0.5) is 5.13 Å². The molecule has 2 rings (SSSR count). The first-order chi connectivity index (χ1) is 13.2. The van der Waals surface area contributed by atoms with Gasteiger partial charge in [0.25, 0.3) is 0 Å². The van der Waals surface area contributed by atoms with Crippen LogP contribution in [0.25, 0.3) is 0 Å². The molecule has 0 aliphatic heterocycles. The molecule has 0 saturated carbocycles. The molecule has 0 saturated heterocycles. The van der Waals surface area contributed by atoms with Gasteiger partial charge in [0.2, 0.25) is 11.8 Å². The number of hydrogen-bond donors (Lipinski definition) is 2. The van der Waals surface area contributed by atoms with Crippen molar-refractivity contribution < 1.29 is 19.1 Å². The third kappa shape index (κ3) is 8.02. The number of oxazole rings is 1. The summed E-state index contributed by atoms with van der Waals surface area (Å²) in [6.45, 7) is 6.25. The zero-order valence-electron chi connectivity index (χ0n) is 16.5. The minimum Gasteiger partial charge on any atom is -0.481 e. The molecule has 154 valence electrons. The molecule has 2 N–H and O–H groups in total. The highest BCUT2D eigenvalue weighted by atomic mass is 32.2. The zero-order chi connectivity index (χ0) is 20.6. The smallest absolute Gasteiger partial charge is 0.303 e. The summed E-state index contributed by atoms with van der Waals surface area (Å²) in [5.74, 6) is 1.32. The van der Waals surface area contributed by atoms with Crippen LogP contribution in [0, 0.1) is 0 Å². The predicted octanol–water partition coefficient (Wildman–Crippen LogP) is 5.08. The minimum atomic E-state index is -0.771. The monoisotopic (exact) mass is 425 g/mol. The van der Waals surface area contributed by atoms with Crippen LogP contribution in [0.15, 0.2) is 21.0 Å². The average Bonchev–Trinajstić information content (AvgIpc) is 3.24. The van der Waals surface area contributed by atoms with Crippen LogP contribution < -0.4 is 5.32 Å². The number of anilines is 1. The molecule has 0 aliphatic rings. The molecule has 2 aromatic heterocycles. The number of nitrogens with zero attached hydrogens (tertiary/aromatic N) is 2. The Morgan fingerprint density at radius 1 is 1.14 bits per heavy atom. The largest absolute Gasteiger partial charge is 0.481 e. The highest BCUT2D eigenvalue weighted by molar-refractivity contribution is 8.00. The maximum atomic E-state index is 12.0. The summed E-state index contributed by atoms with van der Waals surface area (Å²) in [4.78, 5) is 31.0. The third-order valence-electron chi connectivity index (χ3n) is 3.91. The number of carbonyl (C=O) groups is 2. The number of aromatic nitrogens is 2. The lowest BCUT2D eigenvalue weighted by atomic mass is 9.94. The number of thiazole rings is 1. The van der Waals surface area contributed by atoms with E-state index < -0.39 is 5.97 Å². The topological polar surface area (TPSA) is 105 Å². The molecular formula is C19H27N3O4S2. The van der Waals surface area contributed by atoms with E-state index in [-0.39, 0.29) is 17.7 Å². The van der Waals surface area contributed by atoms with Crippen molar-refractivity contribution in [3.05, 3.63) is 24.0 Å². The van der Waals surface area contributed by atoms with Crippen LogP contribution in [0.1, 0.15) is 70.9 Å². The highest BCUT2D eigenvalue weighted by Gasteiger charge is 2.19. The standard InChI is InChI=1S/C19H27N3O4S2/c1-19(2,3)13-10-20-15(26-13)12-27-17-11-21-18(28-17)22-14(23)8-6-4-5-7-9-16(24)25/h10-11H,4-9,12H2,1-3H3,(H,24,25)(H,21,22,23). The lowest BCUT2D eigenvalue weighted by molar-refractivity contribution is -0.137. The van der Waals surface area contributed by atoms with Crippen molar-refractivity contribution in [3.8, 4) is 0 Å². The minimum absolute atomic E-state index is 0.0614. The van der Waals surface area contributed by atoms with Gasteiger partial charge in [0, 0.05) is 18.3 Å². The number of amides is 1. The van der Waals surface area contributed by atoms with Crippen molar-refractivity contribution in [2.75, 3.05) is 5.32 Å². The van der Waals surface area contributed by atoms with Crippen molar-refractivity contribution in [1.29, 1.82) is 0 Å². The third-order valence-corrected chi connectivity index (χ3v) is 6.00. The number of thioether (sulfide) groups is 1. The lowest BCUT2D eigenvalue weighted by Crippen LogP contribution is -2.10. The van der Waals surface area contributed by atoms with Gasteiger partial charge in [-0.05, 0) is 12.8 Å². The number of carboxylic acids is 1. The summed E-state index contributed by atoms with van der Waals surface area (Å²) in [6.07, 6.45) is 7.21. The van der Waals surface area contributed by atoms with Crippen LogP contribution in [0.3, 0.4) is 0 Å². The normalized spacial score (nSPS) is 11.5. The van der Waals surface area contributed by atoms with E-state index in [9.17, 15) is 9.59 Å². The van der Waals surface area contributed by atoms with Crippen molar-refractivity contribution in [2.45, 2.75) is 74.7 Å². The summed E-state index contributed by atoms with van der Waals surface area (Å²) in [5, 5.41) is 12.0. The number of rotatable bonds is 11. The first kappa shape index (κ1) is 22.4. The summed E-state index contributed by atoms with van der Waals surface area (Å²) in [6, 6.07) is 0. The Balaban J connectivity index is 1.68. The van der Waals surface area contributed by atoms with Gasteiger partial charge in [-0.1, -0.05) is 44.9 Å². The zero-order valence-corrected chi connectivity index (χ0v) is 18.1. The van der Waals surface area contributed by atoms with E-state index in [0.29, 0.717) is 29.6 Å². The molecule has 1 amide bonds. The van der Waals surface area contributed by atoms with Gasteiger partial charge in [-0.2, -0.15) is 0 Å². The van der Waals surface area contributed by atoms with E-state index >= 15 is 0 Å². The second kappa shape index (κ2) is 10.6. The summed E-state index contributed by atoms with van der Waals surface area (Å²) in [7, 11) is 0. The van der Waals surface area contributed by atoms with Gasteiger partial charge in [0.05, 0.1) is 22.4 Å². The molecule has 0 bridgehead atoms. The molecule has 0 radical (unpaired) electrons. The number of carbonyl (C=O) groups excluding carboxylic acids is 1. The number of hydrogen-bond acceptors (Lipinski definition) is 7. The second-order valence-corrected chi connectivity index (χ2v) is 9.80. The fraction of sp³-hybridized carbons (Fsp3) is 0.579. The molecule has 2 aromatic rings. The van der Waals surface area contributed by atoms with Crippen LogP contribution in [-0.2, 0) is 20.8 Å². The van der Waals surface area contributed by atoms with E-state index in [4.69, 9.17) is 9.52 Å². The molecule has 0 atom stereocenters. The Bertz CT molecular complexity index is 780. The molecular weight excluding hydrogens is 398 g/mol. The van der Waals surface area contributed by atoms with Crippen LogP contribution in [0.2, 0.25) is 0 Å². The first-order valence-electron chi connectivity index (χ1n) is 9.29. The summed E-state index contributed by atoms with van der Waals surface area (Å²) in [5.41, 5.74) is -0.0614. The van der Waals surface area contributed by atoms with Gasteiger partial charge in [-0.15, -0.1) is 11.8 Å². The Morgan fingerprint density at radius 2 is 1.86 bits per heavy atom. The second-order valence-electron chi connectivity index (χ2n) is 7.50. The van der Waals surface area contributed by atoms with Crippen molar-refractivity contribution in [2.24, 2.45) is 0 Å².